The molecule has 4 rings (SSSR count). The van der Waals surface area contributed by atoms with Crippen molar-refractivity contribution < 1.29 is 23.7 Å². The minimum Gasteiger partial charge on any atom is -0.497 e. The maximum atomic E-state index is 12.8. The minimum absolute atomic E-state index is 0.159. The molecule has 1 heterocycles. The molecule has 0 saturated heterocycles. The molecule has 0 atom stereocenters. The van der Waals surface area contributed by atoms with Crippen molar-refractivity contribution in [1.82, 2.24) is 0 Å². The Labute approximate surface area is 169 Å². The van der Waals surface area contributed by atoms with Crippen molar-refractivity contribution in [2.24, 2.45) is 0 Å². The average Bonchev–Trinajstić information content (AvgIpc) is 3.24. The van der Waals surface area contributed by atoms with Gasteiger partial charge in [-0.25, -0.2) is 0 Å². The molecule has 0 aliphatic carbocycles. The van der Waals surface area contributed by atoms with E-state index < -0.39 is 0 Å². The van der Waals surface area contributed by atoms with E-state index >= 15 is 0 Å². The molecule has 5 nitrogen and oxygen atoms in total. The SMILES string of the molecule is COc1ccc(C(=O)/C=C/c2ccc3c(c2)OCO3)c(OCc2ccccc2)c1. The number of allylic oxidation sites excluding steroid dienone is 1. The van der Waals surface area contributed by atoms with Crippen LogP contribution in [0.1, 0.15) is 21.5 Å². The van der Waals surface area contributed by atoms with Crippen LogP contribution in [0.15, 0.2) is 72.8 Å². The maximum Gasteiger partial charge on any atom is 0.231 e. The number of hydrogen-bond acceptors (Lipinski definition) is 5. The lowest BCUT2D eigenvalue weighted by Gasteiger charge is -2.11. The Morgan fingerprint density at radius 2 is 1.83 bits per heavy atom. The maximum absolute atomic E-state index is 12.8. The van der Waals surface area contributed by atoms with E-state index in [2.05, 4.69) is 0 Å². The van der Waals surface area contributed by atoms with Gasteiger partial charge in [-0.05, 0) is 41.5 Å². The number of benzene rings is 3. The Morgan fingerprint density at radius 3 is 2.66 bits per heavy atom. The van der Waals surface area contributed by atoms with Gasteiger partial charge in [0, 0.05) is 6.07 Å². The topological polar surface area (TPSA) is 54.0 Å². The van der Waals surface area contributed by atoms with E-state index in [4.69, 9.17) is 18.9 Å². The zero-order valence-corrected chi connectivity index (χ0v) is 16.0. The fourth-order valence-corrected chi connectivity index (χ4v) is 2.97. The summed E-state index contributed by atoms with van der Waals surface area (Å²) in [7, 11) is 1.58. The third-order valence-electron chi connectivity index (χ3n) is 4.52. The number of ether oxygens (including phenoxy) is 4. The highest BCUT2D eigenvalue weighted by Crippen LogP contribution is 2.33. The molecule has 1 aliphatic heterocycles. The summed E-state index contributed by atoms with van der Waals surface area (Å²) >= 11 is 0. The summed E-state index contributed by atoms with van der Waals surface area (Å²) in [4.78, 5) is 12.8. The molecular weight excluding hydrogens is 368 g/mol. The van der Waals surface area contributed by atoms with Gasteiger partial charge in [0.1, 0.15) is 18.1 Å². The van der Waals surface area contributed by atoms with Gasteiger partial charge in [-0.2, -0.15) is 0 Å². The normalized spacial score (nSPS) is 12.2. The van der Waals surface area contributed by atoms with Crippen molar-refractivity contribution >= 4 is 11.9 Å². The Morgan fingerprint density at radius 1 is 1.00 bits per heavy atom. The second-order valence-corrected chi connectivity index (χ2v) is 6.45. The van der Waals surface area contributed by atoms with Gasteiger partial charge in [0.2, 0.25) is 6.79 Å². The molecule has 1 aliphatic rings. The van der Waals surface area contributed by atoms with Crippen molar-refractivity contribution in [3.8, 4) is 23.0 Å². The van der Waals surface area contributed by atoms with E-state index in [9.17, 15) is 4.79 Å². The lowest BCUT2D eigenvalue weighted by atomic mass is 10.1. The predicted molar refractivity (Wildman–Crippen MR) is 110 cm³/mol. The first-order chi connectivity index (χ1) is 14.2. The Balaban J connectivity index is 1.53. The number of hydrogen-bond donors (Lipinski definition) is 0. The van der Waals surface area contributed by atoms with Crippen LogP contribution >= 0.6 is 0 Å². The summed E-state index contributed by atoms with van der Waals surface area (Å²) in [6.07, 6.45) is 3.27. The van der Waals surface area contributed by atoms with Crippen LogP contribution in [0.5, 0.6) is 23.0 Å². The first-order valence-corrected chi connectivity index (χ1v) is 9.20. The second-order valence-electron chi connectivity index (χ2n) is 6.45. The first-order valence-electron chi connectivity index (χ1n) is 9.20. The Kier molecular flexibility index (Phi) is 5.47. The summed E-state index contributed by atoms with van der Waals surface area (Å²) in [5, 5.41) is 0. The van der Waals surface area contributed by atoms with Crippen LogP contribution in [0.4, 0.5) is 0 Å². The number of ketones is 1. The van der Waals surface area contributed by atoms with Gasteiger partial charge >= 0.3 is 0 Å². The lowest BCUT2D eigenvalue weighted by molar-refractivity contribution is 0.104. The van der Waals surface area contributed by atoms with Crippen LogP contribution < -0.4 is 18.9 Å². The molecule has 5 heteroatoms. The number of rotatable bonds is 7. The molecular formula is C24H20O5. The van der Waals surface area contributed by atoms with E-state index in [1.54, 1.807) is 31.4 Å². The largest absolute Gasteiger partial charge is 0.497 e. The third kappa shape index (κ3) is 4.41. The quantitative estimate of drug-likeness (QED) is 0.426. The highest BCUT2D eigenvalue weighted by molar-refractivity contribution is 6.08. The highest BCUT2D eigenvalue weighted by atomic mass is 16.7. The molecule has 0 fully saturated rings. The van der Waals surface area contributed by atoms with Gasteiger partial charge in [0.15, 0.2) is 17.3 Å². The van der Waals surface area contributed by atoms with Crippen LogP contribution in [0, 0.1) is 0 Å². The molecule has 0 bridgehead atoms. The highest BCUT2D eigenvalue weighted by Gasteiger charge is 2.14. The van der Waals surface area contributed by atoms with Crippen molar-refractivity contribution in [3.63, 3.8) is 0 Å². The smallest absolute Gasteiger partial charge is 0.231 e. The molecule has 0 radical (unpaired) electrons. The van der Waals surface area contributed by atoms with Crippen LogP contribution in [-0.2, 0) is 6.61 Å². The number of carbonyl (C=O) groups is 1. The first kappa shape index (κ1) is 18.6. The molecule has 0 N–H and O–H groups in total. The van der Waals surface area contributed by atoms with Crippen LogP contribution in [0.25, 0.3) is 6.08 Å². The third-order valence-corrected chi connectivity index (χ3v) is 4.52. The van der Waals surface area contributed by atoms with Crippen molar-refractivity contribution in [1.29, 1.82) is 0 Å². The van der Waals surface area contributed by atoms with E-state index in [1.807, 2.05) is 48.5 Å². The molecule has 0 aromatic heterocycles. The minimum atomic E-state index is -0.159. The molecule has 29 heavy (non-hydrogen) atoms. The van der Waals surface area contributed by atoms with Crippen LogP contribution in [0.2, 0.25) is 0 Å². The zero-order valence-electron chi connectivity index (χ0n) is 16.0. The van der Waals surface area contributed by atoms with E-state index in [0.717, 1.165) is 11.1 Å². The van der Waals surface area contributed by atoms with Gasteiger partial charge in [-0.1, -0.05) is 42.5 Å². The summed E-state index contributed by atoms with van der Waals surface area (Å²) in [6.45, 7) is 0.579. The van der Waals surface area contributed by atoms with Gasteiger partial charge in [0.25, 0.3) is 0 Å². The molecule has 3 aromatic carbocycles. The van der Waals surface area contributed by atoms with Crippen molar-refractivity contribution in [2.45, 2.75) is 6.61 Å². The molecule has 0 saturated carbocycles. The monoisotopic (exact) mass is 388 g/mol. The van der Waals surface area contributed by atoms with E-state index in [0.29, 0.717) is 35.2 Å². The van der Waals surface area contributed by atoms with E-state index in [-0.39, 0.29) is 12.6 Å². The zero-order chi connectivity index (χ0) is 20.1. The summed E-state index contributed by atoms with van der Waals surface area (Å²) in [6, 6.07) is 20.5. The fourth-order valence-electron chi connectivity index (χ4n) is 2.97. The molecule has 0 amide bonds. The summed E-state index contributed by atoms with van der Waals surface area (Å²) < 4.78 is 21.9. The van der Waals surface area contributed by atoms with Crippen molar-refractivity contribution in [3.05, 3.63) is 89.5 Å². The average molecular weight is 388 g/mol. The summed E-state index contributed by atoms with van der Waals surface area (Å²) in [5.41, 5.74) is 2.34. The van der Waals surface area contributed by atoms with E-state index in [1.165, 1.54) is 6.08 Å². The standard InChI is InChI=1S/C24H20O5/c1-26-19-9-10-20(23(14-19)27-15-18-5-3-2-4-6-18)21(25)11-7-17-8-12-22-24(13-17)29-16-28-22/h2-14H,15-16H2,1H3/b11-7+. The fraction of sp³-hybridized carbons (Fsp3) is 0.125. The second kappa shape index (κ2) is 8.52. The van der Waals surface area contributed by atoms with Gasteiger partial charge in [0.05, 0.1) is 12.7 Å². The molecule has 146 valence electrons. The molecule has 0 unspecified atom stereocenters. The Bertz CT molecular complexity index is 1040. The summed E-state index contributed by atoms with van der Waals surface area (Å²) in [5.74, 6) is 2.34. The molecule has 0 spiro atoms. The van der Waals surface area contributed by atoms with Gasteiger partial charge in [-0.15, -0.1) is 0 Å². The Hall–Kier alpha value is -3.73. The number of methoxy groups -OCH3 is 1. The van der Waals surface area contributed by atoms with Gasteiger partial charge < -0.3 is 18.9 Å². The van der Waals surface area contributed by atoms with Crippen LogP contribution in [0.3, 0.4) is 0 Å². The molecule has 3 aromatic rings. The number of carbonyl (C=O) groups excluding carboxylic acids is 1. The lowest BCUT2D eigenvalue weighted by Crippen LogP contribution is -2.03. The van der Waals surface area contributed by atoms with Gasteiger partial charge in [-0.3, -0.25) is 4.79 Å². The predicted octanol–water partition coefficient (Wildman–Crippen LogP) is 4.90. The van der Waals surface area contributed by atoms with Crippen molar-refractivity contribution in [2.75, 3.05) is 13.9 Å². The number of fused-ring (bicyclic) bond motifs is 1. The van der Waals surface area contributed by atoms with Crippen LogP contribution in [-0.4, -0.2) is 19.7 Å².